The maximum absolute atomic E-state index is 4.10. The summed E-state index contributed by atoms with van der Waals surface area (Å²) in [6, 6.07) is 19.8. The van der Waals surface area contributed by atoms with E-state index in [4.69, 9.17) is 0 Å². The molecule has 1 aromatic heterocycles. The zero-order valence-electron chi connectivity index (χ0n) is 10.1. The molecule has 0 saturated heterocycles. The van der Waals surface area contributed by atoms with E-state index in [0.717, 1.165) is 21.6 Å². The largest absolute Gasteiger partial charge is 0.330 e. The second-order valence-corrected chi connectivity index (χ2v) is 4.87. The minimum absolute atomic E-state index is 0.768. The maximum Gasteiger partial charge on any atom is 0.211 e. The van der Waals surface area contributed by atoms with Crippen LogP contribution in [0.4, 0.5) is 21.6 Å². The topological polar surface area (TPSA) is 49.8 Å². The molecule has 19 heavy (non-hydrogen) atoms. The van der Waals surface area contributed by atoms with Crippen LogP contribution in [0.15, 0.2) is 60.7 Å². The number of aromatic nitrogens is 2. The minimum Gasteiger partial charge on any atom is -0.330 e. The first-order valence-corrected chi connectivity index (χ1v) is 6.69. The van der Waals surface area contributed by atoms with E-state index in [0.29, 0.717) is 0 Å². The molecule has 0 aliphatic heterocycles. The Bertz CT molecular complexity index is 581. The third kappa shape index (κ3) is 3.08. The number of nitrogens with one attached hydrogen (secondary N) is 2. The lowest BCUT2D eigenvalue weighted by Gasteiger charge is -2.00. The van der Waals surface area contributed by atoms with E-state index in [2.05, 4.69) is 20.8 Å². The fourth-order valence-corrected chi connectivity index (χ4v) is 2.30. The quantitative estimate of drug-likeness (QED) is 0.750. The van der Waals surface area contributed by atoms with Crippen LogP contribution in [0.3, 0.4) is 0 Å². The standard InChI is InChI=1S/C14H12N4S/c1-3-7-11(8-4-1)15-13-17-18-14(19-13)16-12-9-5-2-6-10-12/h1-10H,(H,15,17)(H,16,18). The van der Waals surface area contributed by atoms with Crippen LogP contribution in [-0.4, -0.2) is 10.2 Å². The van der Waals surface area contributed by atoms with Crippen LogP contribution < -0.4 is 10.6 Å². The Labute approximate surface area is 115 Å². The molecule has 0 fully saturated rings. The zero-order valence-corrected chi connectivity index (χ0v) is 10.9. The monoisotopic (exact) mass is 268 g/mol. The second kappa shape index (κ2) is 5.49. The van der Waals surface area contributed by atoms with Gasteiger partial charge in [-0.2, -0.15) is 0 Å². The van der Waals surface area contributed by atoms with Gasteiger partial charge in [-0.25, -0.2) is 0 Å². The van der Waals surface area contributed by atoms with Crippen LogP contribution in [0, 0.1) is 0 Å². The highest BCUT2D eigenvalue weighted by Gasteiger charge is 2.04. The third-order valence-corrected chi connectivity index (χ3v) is 3.23. The fourth-order valence-electron chi connectivity index (χ4n) is 1.61. The fraction of sp³-hybridized carbons (Fsp3) is 0. The summed E-state index contributed by atoms with van der Waals surface area (Å²) in [6.45, 7) is 0. The Kier molecular flexibility index (Phi) is 3.38. The molecule has 3 aromatic rings. The molecule has 5 heteroatoms. The molecule has 4 nitrogen and oxygen atoms in total. The predicted octanol–water partition coefficient (Wildman–Crippen LogP) is 4.03. The molecule has 0 unspecified atom stereocenters. The first-order chi connectivity index (χ1) is 9.40. The van der Waals surface area contributed by atoms with Gasteiger partial charge in [0.15, 0.2) is 0 Å². The molecule has 0 saturated carbocycles. The molecule has 0 spiro atoms. The third-order valence-electron chi connectivity index (χ3n) is 2.48. The highest BCUT2D eigenvalue weighted by atomic mass is 32.1. The van der Waals surface area contributed by atoms with E-state index < -0.39 is 0 Å². The number of hydrogen-bond donors (Lipinski definition) is 2. The van der Waals surface area contributed by atoms with Crippen LogP contribution in [0.5, 0.6) is 0 Å². The highest BCUT2D eigenvalue weighted by molar-refractivity contribution is 7.19. The highest BCUT2D eigenvalue weighted by Crippen LogP contribution is 2.25. The van der Waals surface area contributed by atoms with Crippen LogP contribution >= 0.6 is 11.3 Å². The molecule has 0 radical (unpaired) electrons. The molecule has 0 aliphatic rings. The van der Waals surface area contributed by atoms with Crippen LogP contribution in [0.2, 0.25) is 0 Å². The minimum atomic E-state index is 0.768. The van der Waals surface area contributed by atoms with E-state index in [-0.39, 0.29) is 0 Å². The summed E-state index contributed by atoms with van der Waals surface area (Å²) < 4.78 is 0. The number of rotatable bonds is 4. The zero-order chi connectivity index (χ0) is 12.9. The van der Waals surface area contributed by atoms with Crippen molar-refractivity contribution in [2.24, 2.45) is 0 Å². The van der Waals surface area contributed by atoms with Gasteiger partial charge in [0.05, 0.1) is 0 Å². The Morgan fingerprint density at radius 1 is 0.632 bits per heavy atom. The molecular formula is C14H12N4S. The number of anilines is 4. The average Bonchev–Trinajstić information content (AvgIpc) is 2.88. The Balaban J connectivity index is 1.70. The second-order valence-electron chi connectivity index (χ2n) is 3.89. The molecule has 0 aliphatic carbocycles. The molecule has 0 bridgehead atoms. The maximum atomic E-state index is 4.10. The smallest absolute Gasteiger partial charge is 0.211 e. The summed E-state index contributed by atoms with van der Waals surface area (Å²) in [5.74, 6) is 0. The van der Waals surface area contributed by atoms with Gasteiger partial charge in [-0.3, -0.25) is 0 Å². The van der Waals surface area contributed by atoms with Gasteiger partial charge < -0.3 is 10.6 Å². The van der Waals surface area contributed by atoms with Gasteiger partial charge >= 0.3 is 0 Å². The predicted molar refractivity (Wildman–Crippen MR) is 79.4 cm³/mol. The van der Waals surface area contributed by atoms with Crippen molar-refractivity contribution in [1.29, 1.82) is 0 Å². The van der Waals surface area contributed by atoms with Crippen molar-refractivity contribution in [3.05, 3.63) is 60.7 Å². The molecule has 0 atom stereocenters. The molecule has 94 valence electrons. The van der Waals surface area contributed by atoms with Crippen molar-refractivity contribution in [3.63, 3.8) is 0 Å². The first kappa shape index (κ1) is 11.7. The molecule has 1 heterocycles. The molecule has 3 rings (SSSR count). The first-order valence-electron chi connectivity index (χ1n) is 5.88. The molecule has 2 N–H and O–H groups in total. The number of benzene rings is 2. The van der Waals surface area contributed by atoms with Crippen LogP contribution in [-0.2, 0) is 0 Å². The lowest BCUT2D eigenvalue weighted by Crippen LogP contribution is -1.88. The van der Waals surface area contributed by atoms with Crippen molar-refractivity contribution >= 4 is 33.0 Å². The van der Waals surface area contributed by atoms with Crippen molar-refractivity contribution < 1.29 is 0 Å². The lowest BCUT2D eigenvalue weighted by atomic mass is 10.3. The summed E-state index contributed by atoms with van der Waals surface area (Å²) in [4.78, 5) is 0. The van der Waals surface area contributed by atoms with E-state index in [1.54, 1.807) is 0 Å². The number of para-hydroxylation sites is 2. The summed E-state index contributed by atoms with van der Waals surface area (Å²) in [7, 11) is 0. The van der Waals surface area contributed by atoms with Crippen molar-refractivity contribution in [2.75, 3.05) is 10.6 Å². The van der Waals surface area contributed by atoms with E-state index >= 15 is 0 Å². The van der Waals surface area contributed by atoms with Gasteiger partial charge in [0.1, 0.15) is 0 Å². The van der Waals surface area contributed by atoms with Gasteiger partial charge in [-0.1, -0.05) is 47.7 Å². The summed E-state index contributed by atoms with van der Waals surface area (Å²) >= 11 is 1.48. The molecule has 0 amide bonds. The summed E-state index contributed by atoms with van der Waals surface area (Å²) in [5, 5.41) is 16.2. The normalized spacial score (nSPS) is 10.1. The van der Waals surface area contributed by atoms with Gasteiger partial charge in [-0.15, -0.1) is 10.2 Å². The Morgan fingerprint density at radius 2 is 1.05 bits per heavy atom. The summed E-state index contributed by atoms with van der Waals surface area (Å²) in [6.07, 6.45) is 0. The Hall–Kier alpha value is -2.40. The van der Waals surface area contributed by atoms with Gasteiger partial charge in [0.2, 0.25) is 10.3 Å². The van der Waals surface area contributed by atoms with Crippen LogP contribution in [0.25, 0.3) is 0 Å². The van der Waals surface area contributed by atoms with Crippen molar-refractivity contribution in [2.45, 2.75) is 0 Å². The van der Waals surface area contributed by atoms with E-state index in [1.807, 2.05) is 60.7 Å². The van der Waals surface area contributed by atoms with Gasteiger partial charge in [0, 0.05) is 11.4 Å². The summed E-state index contributed by atoms with van der Waals surface area (Å²) in [5.41, 5.74) is 2.01. The Morgan fingerprint density at radius 3 is 1.47 bits per heavy atom. The number of hydrogen-bond acceptors (Lipinski definition) is 5. The average molecular weight is 268 g/mol. The van der Waals surface area contributed by atoms with E-state index in [9.17, 15) is 0 Å². The van der Waals surface area contributed by atoms with Crippen molar-refractivity contribution in [1.82, 2.24) is 10.2 Å². The molecule has 2 aromatic carbocycles. The van der Waals surface area contributed by atoms with Crippen molar-refractivity contribution in [3.8, 4) is 0 Å². The van der Waals surface area contributed by atoms with Crippen LogP contribution in [0.1, 0.15) is 0 Å². The van der Waals surface area contributed by atoms with Gasteiger partial charge in [0.25, 0.3) is 0 Å². The van der Waals surface area contributed by atoms with E-state index in [1.165, 1.54) is 11.3 Å². The SMILES string of the molecule is c1ccc(Nc2nnc(Nc3ccccc3)s2)cc1. The van der Waals surface area contributed by atoms with Gasteiger partial charge in [-0.05, 0) is 24.3 Å². The molecular weight excluding hydrogens is 256 g/mol. The number of nitrogens with zero attached hydrogens (tertiary/aromatic N) is 2. The lowest BCUT2D eigenvalue weighted by molar-refractivity contribution is 1.09.